The van der Waals surface area contributed by atoms with Crippen molar-refractivity contribution in [3.63, 3.8) is 0 Å². The third-order valence-electron chi connectivity index (χ3n) is 6.84. The molecule has 0 saturated carbocycles. The second-order valence-electron chi connectivity index (χ2n) is 8.99. The molecule has 0 bridgehead atoms. The molecule has 3 atom stereocenters. The normalized spacial score (nSPS) is 20.1. The number of aliphatic carboxylic acids is 1. The molecule has 2 aromatic carbocycles. The number of carboxylic acids is 1. The number of carbonyl (C=O) groups is 3. The first kappa shape index (κ1) is 23.5. The predicted octanol–water partition coefficient (Wildman–Crippen LogP) is 4.18. The number of ether oxygens (including phenoxy) is 1. The van der Waals surface area contributed by atoms with E-state index in [9.17, 15) is 19.5 Å². The maximum absolute atomic E-state index is 13.2. The minimum absolute atomic E-state index is 0.0678. The number of carboxylic acid groups (broad SMARTS) is 1. The average Bonchev–Trinajstić information content (AvgIpc) is 3.15. The molecule has 7 nitrogen and oxygen atoms in total. The van der Waals surface area contributed by atoms with Crippen LogP contribution < -0.4 is 5.32 Å². The number of carbonyl (C=O) groups excluding carboxylic acids is 2. The van der Waals surface area contributed by atoms with Crippen LogP contribution in [0.5, 0.6) is 0 Å². The second-order valence-corrected chi connectivity index (χ2v) is 8.99. The molecule has 2 N–H and O–H groups in total. The number of likely N-dealkylation sites (tertiary alicyclic amines) is 1. The van der Waals surface area contributed by atoms with E-state index < -0.39 is 24.0 Å². The maximum atomic E-state index is 13.2. The van der Waals surface area contributed by atoms with Gasteiger partial charge in [-0.2, -0.15) is 0 Å². The molecule has 2 amide bonds. The lowest BCUT2D eigenvalue weighted by Gasteiger charge is -2.38. The first-order valence-corrected chi connectivity index (χ1v) is 11.7. The number of benzene rings is 2. The van der Waals surface area contributed by atoms with E-state index in [0.29, 0.717) is 19.4 Å². The number of amides is 2. The minimum Gasteiger partial charge on any atom is -0.481 e. The molecule has 1 aliphatic carbocycles. The number of piperidine rings is 1. The van der Waals surface area contributed by atoms with Gasteiger partial charge >= 0.3 is 12.1 Å². The van der Waals surface area contributed by atoms with Gasteiger partial charge < -0.3 is 20.1 Å². The van der Waals surface area contributed by atoms with E-state index in [0.717, 1.165) is 22.3 Å². The van der Waals surface area contributed by atoms with Crippen molar-refractivity contribution < 1.29 is 24.2 Å². The van der Waals surface area contributed by atoms with Crippen LogP contribution in [0.4, 0.5) is 4.79 Å². The lowest BCUT2D eigenvalue weighted by molar-refractivity contribution is -0.148. The van der Waals surface area contributed by atoms with Crippen LogP contribution in [0.15, 0.2) is 61.2 Å². The van der Waals surface area contributed by atoms with E-state index in [1.807, 2.05) is 43.3 Å². The number of rotatable bonds is 7. The van der Waals surface area contributed by atoms with Gasteiger partial charge in [-0.05, 0) is 48.4 Å². The summed E-state index contributed by atoms with van der Waals surface area (Å²) in [5, 5.41) is 12.0. The molecule has 34 heavy (non-hydrogen) atoms. The van der Waals surface area contributed by atoms with Crippen LogP contribution in [0.25, 0.3) is 11.1 Å². The standard InChI is InChI=1S/C27H30N2O5/c1-3-8-24(25(30)29-14-13-18(26(31)32)15-17(29)2)28-27(33)34-16-23-21-11-6-4-9-19(21)20-10-5-7-12-22(20)23/h3-7,9-12,17-18,23-24H,1,8,13-16H2,2H3,(H,28,33)(H,31,32)/t17-,18-,24?/m1/s1. The van der Waals surface area contributed by atoms with E-state index in [1.165, 1.54) is 0 Å². The van der Waals surface area contributed by atoms with E-state index >= 15 is 0 Å². The van der Waals surface area contributed by atoms with Crippen molar-refractivity contribution in [3.05, 3.63) is 72.3 Å². The Kier molecular flexibility index (Phi) is 7.01. The summed E-state index contributed by atoms with van der Waals surface area (Å²) in [4.78, 5) is 38.8. The first-order valence-electron chi connectivity index (χ1n) is 11.7. The van der Waals surface area contributed by atoms with E-state index in [-0.39, 0.29) is 30.9 Å². The predicted molar refractivity (Wildman–Crippen MR) is 128 cm³/mol. The van der Waals surface area contributed by atoms with Gasteiger partial charge in [-0.1, -0.05) is 54.6 Å². The maximum Gasteiger partial charge on any atom is 0.407 e. The van der Waals surface area contributed by atoms with Crippen LogP contribution in [0, 0.1) is 5.92 Å². The Bertz CT molecular complexity index is 1050. The summed E-state index contributed by atoms with van der Waals surface area (Å²) in [7, 11) is 0. The zero-order chi connectivity index (χ0) is 24.2. The largest absolute Gasteiger partial charge is 0.481 e. The summed E-state index contributed by atoms with van der Waals surface area (Å²) in [6.45, 7) is 6.05. The molecule has 2 aliphatic rings. The molecule has 0 spiro atoms. The zero-order valence-electron chi connectivity index (χ0n) is 19.3. The van der Waals surface area contributed by atoms with Gasteiger partial charge in [-0.25, -0.2) is 4.79 Å². The van der Waals surface area contributed by atoms with Gasteiger partial charge in [0.1, 0.15) is 12.6 Å². The Labute approximate surface area is 199 Å². The molecule has 1 fully saturated rings. The van der Waals surface area contributed by atoms with Gasteiger partial charge in [0.25, 0.3) is 0 Å². The molecular weight excluding hydrogens is 432 g/mol. The Morgan fingerprint density at radius 3 is 2.32 bits per heavy atom. The molecule has 0 aromatic heterocycles. The SMILES string of the molecule is C=CCC(NC(=O)OCC1c2ccccc2-c2ccccc21)C(=O)N1CC[C@@H](C(=O)O)C[C@H]1C. The lowest BCUT2D eigenvalue weighted by Crippen LogP contribution is -2.54. The fraction of sp³-hybridized carbons (Fsp3) is 0.370. The van der Waals surface area contributed by atoms with Crippen molar-refractivity contribution in [2.24, 2.45) is 5.92 Å². The van der Waals surface area contributed by atoms with Crippen LogP contribution >= 0.6 is 0 Å². The number of hydrogen-bond acceptors (Lipinski definition) is 4. The molecule has 1 saturated heterocycles. The summed E-state index contributed by atoms with van der Waals surface area (Å²) in [6, 6.07) is 15.2. The highest BCUT2D eigenvalue weighted by atomic mass is 16.5. The lowest BCUT2D eigenvalue weighted by atomic mass is 9.91. The van der Waals surface area contributed by atoms with Crippen LogP contribution in [0.3, 0.4) is 0 Å². The fourth-order valence-corrected chi connectivity index (χ4v) is 5.09. The smallest absolute Gasteiger partial charge is 0.407 e. The fourth-order valence-electron chi connectivity index (χ4n) is 5.09. The summed E-state index contributed by atoms with van der Waals surface area (Å²) in [5.74, 6) is -1.60. The molecule has 1 unspecified atom stereocenters. The molecule has 1 aliphatic heterocycles. The van der Waals surface area contributed by atoms with Gasteiger partial charge in [0.05, 0.1) is 5.92 Å². The Balaban J connectivity index is 1.40. The van der Waals surface area contributed by atoms with Gasteiger partial charge in [-0.3, -0.25) is 9.59 Å². The Hall–Kier alpha value is -3.61. The molecule has 7 heteroatoms. The topological polar surface area (TPSA) is 95.9 Å². The number of hydrogen-bond donors (Lipinski definition) is 2. The van der Waals surface area contributed by atoms with Gasteiger partial charge in [0, 0.05) is 18.5 Å². The highest BCUT2D eigenvalue weighted by molar-refractivity contribution is 5.86. The van der Waals surface area contributed by atoms with Gasteiger partial charge in [0.15, 0.2) is 0 Å². The summed E-state index contributed by atoms with van der Waals surface area (Å²) >= 11 is 0. The van der Waals surface area contributed by atoms with Crippen LogP contribution in [-0.4, -0.2) is 53.2 Å². The van der Waals surface area contributed by atoms with Gasteiger partial charge in [-0.15, -0.1) is 6.58 Å². The van der Waals surface area contributed by atoms with Crippen molar-refractivity contribution in [1.82, 2.24) is 10.2 Å². The quantitative estimate of drug-likeness (QED) is 0.602. The monoisotopic (exact) mass is 462 g/mol. The van der Waals surface area contributed by atoms with Crippen LogP contribution in [0.1, 0.15) is 43.2 Å². The van der Waals surface area contributed by atoms with Gasteiger partial charge in [0.2, 0.25) is 5.91 Å². The van der Waals surface area contributed by atoms with E-state index in [2.05, 4.69) is 24.0 Å². The highest BCUT2D eigenvalue weighted by Crippen LogP contribution is 2.44. The Morgan fingerprint density at radius 1 is 1.15 bits per heavy atom. The van der Waals surface area contributed by atoms with Crippen molar-refractivity contribution in [2.45, 2.75) is 44.2 Å². The van der Waals surface area contributed by atoms with E-state index in [4.69, 9.17) is 4.74 Å². The third kappa shape index (κ3) is 4.69. The number of alkyl carbamates (subject to hydrolysis) is 1. The third-order valence-corrected chi connectivity index (χ3v) is 6.84. The molecule has 4 rings (SSSR count). The van der Waals surface area contributed by atoms with Crippen molar-refractivity contribution in [3.8, 4) is 11.1 Å². The molecule has 1 heterocycles. The van der Waals surface area contributed by atoms with Crippen LogP contribution in [0.2, 0.25) is 0 Å². The minimum atomic E-state index is -0.835. The van der Waals surface area contributed by atoms with E-state index in [1.54, 1.807) is 11.0 Å². The number of nitrogens with one attached hydrogen (secondary N) is 1. The van der Waals surface area contributed by atoms with Crippen molar-refractivity contribution >= 4 is 18.0 Å². The molecule has 0 radical (unpaired) electrons. The summed E-state index contributed by atoms with van der Waals surface area (Å²) in [5.41, 5.74) is 4.52. The number of nitrogens with zero attached hydrogens (tertiary/aromatic N) is 1. The van der Waals surface area contributed by atoms with Crippen molar-refractivity contribution in [1.29, 1.82) is 0 Å². The molecule has 2 aromatic rings. The van der Waals surface area contributed by atoms with Crippen molar-refractivity contribution in [2.75, 3.05) is 13.2 Å². The zero-order valence-corrected chi connectivity index (χ0v) is 19.3. The summed E-state index contributed by atoms with van der Waals surface area (Å²) < 4.78 is 5.60. The Morgan fingerprint density at radius 2 is 1.76 bits per heavy atom. The molecule has 178 valence electrons. The highest BCUT2D eigenvalue weighted by Gasteiger charge is 2.36. The average molecular weight is 463 g/mol. The van der Waals surface area contributed by atoms with Crippen LogP contribution in [-0.2, 0) is 14.3 Å². The molecular formula is C27H30N2O5. The second kappa shape index (κ2) is 10.1. The number of fused-ring (bicyclic) bond motifs is 3. The summed E-state index contributed by atoms with van der Waals surface area (Å²) in [6.07, 6.45) is 1.98. The first-order chi connectivity index (χ1) is 16.4.